The van der Waals surface area contributed by atoms with Crippen molar-refractivity contribution in [2.24, 2.45) is 0 Å². The van der Waals surface area contributed by atoms with Crippen molar-refractivity contribution in [1.82, 2.24) is 0 Å². The van der Waals surface area contributed by atoms with Gasteiger partial charge in [-0.1, -0.05) is 143 Å². The van der Waals surface area contributed by atoms with E-state index in [1.165, 1.54) is 96.2 Å². The molecule has 0 bridgehead atoms. The first-order chi connectivity index (χ1) is 27.4. The van der Waals surface area contributed by atoms with Crippen LogP contribution in [0.5, 0.6) is 0 Å². The first-order valence-electron chi connectivity index (χ1n) is 19.6. The number of halogens is 1. The fraction of sp³-hybridized carbons (Fsp3) is 0.182. The van der Waals surface area contributed by atoms with E-state index in [1.807, 2.05) is 60.7 Å². The Kier molecular flexibility index (Phi) is 14.1. The summed E-state index contributed by atoms with van der Waals surface area (Å²) in [7, 11) is 0. The molecule has 57 heavy (non-hydrogen) atoms. The number of hydrogen-bond acceptors (Lipinski definition) is 0. The normalized spacial score (nSPS) is 12.2. The van der Waals surface area contributed by atoms with E-state index in [2.05, 4.69) is 167 Å². The predicted octanol–water partition coefficient (Wildman–Crippen LogP) is 15.0. The Labute approximate surface area is 361 Å². The van der Waals surface area contributed by atoms with Gasteiger partial charge in [0.2, 0.25) is 0 Å². The molecule has 0 unspecified atom stereocenters. The summed E-state index contributed by atoms with van der Waals surface area (Å²) in [4.78, 5) is 0. The molecule has 0 saturated carbocycles. The van der Waals surface area contributed by atoms with Crippen molar-refractivity contribution in [1.29, 1.82) is 0 Å². The standard InChI is InChI=1S/C33H33.C10H7.C7H5Cl.C5H5.Zr/c1-32(2,3)30-20-26-24(18-28(30)22-13-9-7-10-14-22)17-25-19-29(23-15-11-8-12-16-23)31(21-27(25)26)33(4,5)6;1-2-6-10-8-4-3-7-9(10)5-1;1-6-2-4-7(8)5-3-6;1-2-4-5-3-1;/h7-16,18,20-21H,17H2,1-6H3;1-7H;1-5H;1-3H,4H2;/q2*-1;;-1;. The molecule has 0 atom stereocenters. The van der Waals surface area contributed by atoms with Crippen molar-refractivity contribution >= 4 is 26.1 Å². The van der Waals surface area contributed by atoms with Crippen molar-refractivity contribution in [3.8, 4) is 33.4 Å². The molecule has 2 heteroatoms. The molecule has 2 aliphatic carbocycles. The van der Waals surface area contributed by atoms with Gasteiger partial charge in [-0.15, -0.1) is 82.4 Å². The van der Waals surface area contributed by atoms with Gasteiger partial charge in [-0.25, -0.2) is 12.2 Å². The van der Waals surface area contributed by atoms with Gasteiger partial charge in [-0.05, 0) is 39.5 Å². The first kappa shape index (κ1) is 41.9. The number of allylic oxidation sites excluding steroid dienone is 4. The molecular formula is C55H50ClZr-3. The van der Waals surface area contributed by atoms with Crippen molar-refractivity contribution in [3.05, 3.63) is 215 Å². The summed E-state index contributed by atoms with van der Waals surface area (Å²) >= 11 is 7.08. The molecule has 0 spiro atoms. The zero-order valence-electron chi connectivity index (χ0n) is 34.0. The van der Waals surface area contributed by atoms with E-state index < -0.39 is 0 Å². The van der Waals surface area contributed by atoms with Gasteiger partial charge in [0.05, 0.1) is 0 Å². The van der Waals surface area contributed by atoms with Crippen LogP contribution in [0.25, 0.3) is 44.2 Å². The summed E-state index contributed by atoms with van der Waals surface area (Å²) in [6.07, 6.45) is 10.9. The van der Waals surface area contributed by atoms with Crippen molar-refractivity contribution in [2.45, 2.75) is 65.2 Å². The van der Waals surface area contributed by atoms with E-state index in [0.29, 0.717) is 0 Å². The van der Waals surface area contributed by atoms with Crippen LogP contribution in [0.1, 0.15) is 75.8 Å². The third kappa shape index (κ3) is 11.0. The molecule has 0 amide bonds. The first-order valence-corrected chi connectivity index (χ1v) is 21.4. The Morgan fingerprint density at radius 2 is 1.25 bits per heavy atom. The SMILES string of the molecule is CC(C)(C)c1cc2c([c-]c1-c1ccccc1)Cc1cc(-c3ccccc3)c(C(C)(C)C)cc1-2.Clc1ccc([CH]=[Zr])cc1.[C-]1=CC=CC1.[c-]1cccc2ccccc12. The predicted molar refractivity (Wildman–Crippen MR) is 243 cm³/mol. The zero-order chi connectivity index (χ0) is 40.4. The molecular weight excluding hydrogens is 787 g/mol. The second-order valence-corrected chi connectivity index (χ2v) is 17.5. The third-order valence-corrected chi connectivity index (χ3v) is 11.1. The van der Waals surface area contributed by atoms with E-state index in [0.717, 1.165) is 17.9 Å². The van der Waals surface area contributed by atoms with Crippen molar-refractivity contribution in [2.75, 3.05) is 0 Å². The van der Waals surface area contributed by atoms with Crippen molar-refractivity contribution < 1.29 is 24.2 Å². The van der Waals surface area contributed by atoms with Crippen molar-refractivity contribution in [3.63, 3.8) is 0 Å². The van der Waals surface area contributed by atoms with Crippen LogP contribution in [0.3, 0.4) is 0 Å². The Bertz CT molecular complexity index is 2290. The molecule has 0 saturated heterocycles. The van der Waals surface area contributed by atoms with Gasteiger partial charge in [0.15, 0.2) is 0 Å². The average molecular weight is 838 g/mol. The minimum Gasteiger partial charge on any atom is -0.273 e. The monoisotopic (exact) mass is 835 g/mol. The molecule has 0 heterocycles. The molecule has 2 aliphatic rings. The van der Waals surface area contributed by atoms with E-state index in [-0.39, 0.29) is 10.8 Å². The van der Waals surface area contributed by atoms with Gasteiger partial charge in [-0.2, -0.15) is 6.08 Å². The number of benzene rings is 7. The molecule has 0 N–H and O–H groups in total. The second kappa shape index (κ2) is 19.2. The molecule has 0 radical (unpaired) electrons. The molecule has 0 aliphatic heterocycles. The minimum absolute atomic E-state index is 0.0380. The maximum absolute atomic E-state index is 5.66. The van der Waals surface area contributed by atoms with E-state index in [9.17, 15) is 0 Å². The minimum atomic E-state index is 0.0380. The topological polar surface area (TPSA) is 0 Å². The van der Waals surface area contributed by atoms with Gasteiger partial charge < -0.3 is 0 Å². The summed E-state index contributed by atoms with van der Waals surface area (Å²) in [6, 6.07) is 58.0. The average Bonchev–Trinajstić information content (AvgIpc) is 3.93. The Morgan fingerprint density at radius 3 is 1.82 bits per heavy atom. The fourth-order valence-corrected chi connectivity index (χ4v) is 7.66. The molecule has 284 valence electrons. The number of fused-ring (bicyclic) bond motifs is 4. The Balaban J connectivity index is 0.000000182. The molecule has 7 aromatic rings. The smallest absolute Gasteiger partial charge is 0.0801 e. The van der Waals surface area contributed by atoms with Crippen LogP contribution < -0.4 is 0 Å². The van der Waals surface area contributed by atoms with Gasteiger partial charge in [0, 0.05) is 0 Å². The fourth-order valence-electron chi connectivity index (χ4n) is 7.06. The maximum Gasteiger partial charge on any atom is -0.0801 e. The summed E-state index contributed by atoms with van der Waals surface area (Å²) in [5.74, 6) is 0. The quantitative estimate of drug-likeness (QED) is 0.156. The van der Waals surface area contributed by atoms with Gasteiger partial charge in [0.25, 0.3) is 0 Å². The Morgan fingerprint density at radius 1 is 0.632 bits per heavy atom. The summed E-state index contributed by atoms with van der Waals surface area (Å²) in [6.45, 7) is 13.9. The summed E-state index contributed by atoms with van der Waals surface area (Å²) < 4.78 is 2.13. The maximum atomic E-state index is 5.66. The van der Waals surface area contributed by atoms with Crippen LogP contribution in [-0.2, 0) is 41.5 Å². The zero-order valence-corrected chi connectivity index (χ0v) is 37.2. The van der Waals surface area contributed by atoms with E-state index >= 15 is 0 Å². The molecule has 0 fully saturated rings. The summed E-state index contributed by atoms with van der Waals surface area (Å²) in [5.41, 5.74) is 14.7. The van der Waals surface area contributed by atoms with Crippen LogP contribution in [0.2, 0.25) is 5.02 Å². The van der Waals surface area contributed by atoms with E-state index in [4.69, 9.17) is 11.6 Å². The Hall–Kier alpha value is -4.68. The number of hydrogen-bond donors (Lipinski definition) is 0. The van der Waals surface area contributed by atoms with Gasteiger partial charge in [0.1, 0.15) is 0 Å². The second-order valence-electron chi connectivity index (χ2n) is 16.4. The molecule has 7 aromatic carbocycles. The van der Waals surface area contributed by atoms with Crippen LogP contribution >= 0.6 is 11.6 Å². The molecule has 9 rings (SSSR count). The molecule has 0 nitrogen and oxygen atoms in total. The van der Waals surface area contributed by atoms with Crippen LogP contribution in [-0.4, -0.2) is 3.71 Å². The van der Waals surface area contributed by atoms with Crippen LogP contribution in [0.15, 0.2) is 164 Å². The number of rotatable bonds is 3. The van der Waals surface area contributed by atoms with Gasteiger partial charge >= 0.3 is 74.4 Å². The van der Waals surface area contributed by atoms with E-state index in [1.54, 1.807) is 0 Å². The molecule has 0 aromatic heterocycles. The largest absolute Gasteiger partial charge is 0.273 e. The van der Waals surface area contributed by atoms with Crippen LogP contribution in [0.4, 0.5) is 0 Å². The van der Waals surface area contributed by atoms with Crippen LogP contribution in [0, 0.1) is 18.2 Å². The van der Waals surface area contributed by atoms with Gasteiger partial charge in [-0.3, -0.25) is 6.08 Å². The third-order valence-electron chi connectivity index (χ3n) is 10.0. The summed E-state index contributed by atoms with van der Waals surface area (Å²) in [5, 5.41) is 3.24.